The van der Waals surface area contributed by atoms with Crippen molar-refractivity contribution in [2.45, 2.75) is 26.4 Å². The van der Waals surface area contributed by atoms with Crippen LogP contribution in [-0.2, 0) is 11.4 Å². The summed E-state index contributed by atoms with van der Waals surface area (Å²) in [6, 6.07) is 19.6. The van der Waals surface area contributed by atoms with Gasteiger partial charge in [-0.25, -0.2) is 4.39 Å². The Bertz CT molecular complexity index is 1600. The molecule has 0 saturated carbocycles. The number of aryl methyl sites for hydroxylation is 1. The third kappa shape index (κ3) is 6.40. The highest BCUT2D eigenvalue weighted by Gasteiger charge is 2.13. The molecule has 4 aromatic rings. The van der Waals surface area contributed by atoms with Crippen LogP contribution in [0.1, 0.15) is 29.5 Å². The number of benzene rings is 3. The standard InChI is InChI=1S/C31H28FN5O2/c1-20-13-25(6-8-29(20)39-19-22-3-2-4-24(32)14-22)37-31-23(17-33)18-35-28-7-5-26(16-27(28)31)36-30(38)15-21-9-11-34-12-10-21/h2-8,13-16,18,34H,9-12,19H2,1H3,(H,35,37)(H,36,38). The molecule has 5 rings (SSSR count). The van der Waals surface area contributed by atoms with Crippen LogP contribution in [-0.4, -0.2) is 24.0 Å². The number of aromatic nitrogens is 1. The van der Waals surface area contributed by atoms with Crippen LogP contribution in [0.25, 0.3) is 10.9 Å². The predicted octanol–water partition coefficient (Wildman–Crippen LogP) is 6.12. The molecule has 1 saturated heterocycles. The molecule has 3 N–H and O–H groups in total. The van der Waals surface area contributed by atoms with Gasteiger partial charge in [0.25, 0.3) is 0 Å². The van der Waals surface area contributed by atoms with Crippen molar-refractivity contribution in [3.05, 3.63) is 101 Å². The van der Waals surface area contributed by atoms with E-state index in [9.17, 15) is 14.4 Å². The fourth-order valence-corrected chi connectivity index (χ4v) is 4.57. The maximum atomic E-state index is 13.5. The van der Waals surface area contributed by atoms with E-state index in [0.717, 1.165) is 48.3 Å². The quantitative estimate of drug-likeness (QED) is 0.253. The number of ether oxygens (including phenoxy) is 1. The van der Waals surface area contributed by atoms with Gasteiger partial charge in [-0.1, -0.05) is 17.7 Å². The van der Waals surface area contributed by atoms with Crippen molar-refractivity contribution in [1.82, 2.24) is 10.3 Å². The van der Waals surface area contributed by atoms with Gasteiger partial charge in [0.15, 0.2) is 0 Å². The van der Waals surface area contributed by atoms with E-state index in [-0.39, 0.29) is 18.3 Å². The Hall–Kier alpha value is -4.74. The number of amides is 1. The van der Waals surface area contributed by atoms with Gasteiger partial charge >= 0.3 is 0 Å². The summed E-state index contributed by atoms with van der Waals surface area (Å²) in [7, 11) is 0. The van der Waals surface area contributed by atoms with E-state index in [1.54, 1.807) is 18.2 Å². The Morgan fingerprint density at radius 3 is 2.72 bits per heavy atom. The third-order valence-electron chi connectivity index (χ3n) is 6.56. The highest BCUT2D eigenvalue weighted by molar-refractivity contribution is 6.03. The Labute approximate surface area is 226 Å². The number of nitrogens with one attached hydrogen (secondary N) is 3. The summed E-state index contributed by atoms with van der Waals surface area (Å²) in [6.45, 7) is 3.94. The minimum Gasteiger partial charge on any atom is -0.489 e. The molecule has 1 amide bonds. The van der Waals surface area contributed by atoms with Gasteiger partial charge in [-0.3, -0.25) is 9.78 Å². The lowest BCUT2D eigenvalue weighted by Crippen LogP contribution is -2.24. The first-order valence-electron chi connectivity index (χ1n) is 12.8. The second kappa shape index (κ2) is 11.8. The summed E-state index contributed by atoms with van der Waals surface area (Å²) in [5.41, 5.74) is 5.81. The van der Waals surface area contributed by atoms with Gasteiger partial charge in [0.1, 0.15) is 24.2 Å². The second-order valence-corrected chi connectivity index (χ2v) is 9.46. The number of hydrogen-bond donors (Lipinski definition) is 3. The number of anilines is 3. The number of halogens is 1. The van der Waals surface area contributed by atoms with E-state index in [0.29, 0.717) is 33.6 Å². The molecule has 3 aromatic carbocycles. The fraction of sp³-hybridized carbons (Fsp3) is 0.194. The molecule has 0 unspecified atom stereocenters. The molecule has 0 atom stereocenters. The molecule has 0 aliphatic carbocycles. The van der Waals surface area contributed by atoms with Gasteiger partial charge in [0.05, 0.1) is 16.8 Å². The number of fused-ring (bicyclic) bond motifs is 1. The number of pyridine rings is 1. The van der Waals surface area contributed by atoms with Gasteiger partial charge in [-0.2, -0.15) is 5.26 Å². The van der Waals surface area contributed by atoms with Gasteiger partial charge in [0.2, 0.25) is 5.91 Å². The first-order valence-corrected chi connectivity index (χ1v) is 12.8. The van der Waals surface area contributed by atoms with E-state index < -0.39 is 0 Å². The van der Waals surface area contributed by atoms with Crippen molar-refractivity contribution in [1.29, 1.82) is 5.26 Å². The molecule has 196 valence electrons. The number of nitriles is 1. The maximum Gasteiger partial charge on any atom is 0.248 e. The van der Waals surface area contributed by atoms with Gasteiger partial charge < -0.3 is 20.7 Å². The molecule has 0 bridgehead atoms. The summed E-state index contributed by atoms with van der Waals surface area (Å²) < 4.78 is 19.4. The lowest BCUT2D eigenvalue weighted by molar-refractivity contribution is -0.112. The normalized spacial score (nSPS) is 13.0. The Morgan fingerprint density at radius 1 is 1.13 bits per heavy atom. The van der Waals surface area contributed by atoms with E-state index in [1.807, 2.05) is 43.3 Å². The lowest BCUT2D eigenvalue weighted by atomic mass is 10.1. The smallest absolute Gasteiger partial charge is 0.248 e. The zero-order valence-electron chi connectivity index (χ0n) is 21.6. The van der Waals surface area contributed by atoms with Crippen LogP contribution in [0.15, 0.2) is 78.5 Å². The average molecular weight is 522 g/mol. The predicted molar refractivity (Wildman–Crippen MR) is 150 cm³/mol. The minimum atomic E-state index is -0.299. The Balaban J connectivity index is 1.37. The zero-order valence-corrected chi connectivity index (χ0v) is 21.6. The minimum absolute atomic E-state index is 0.172. The number of carbonyl (C=O) groups is 1. The summed E-state index contributed by atoms with van der Waals surface area (Å²) in [6.07, 6.45) is 4.94. The molecule has 8 heteroatoms. The fourth-order valence-electron chi connectivity index (χ4n) is 4.57. The summed E-state index contributed by atoms with van der Waals surface area (Å²) in [5.74, 6) is 0.208. The number of nitrogens with zero attached hydrogens (tertiary/aromatic N) is 2. The van der Waals surface area contributed by atoms with Crippen molar-refractivity contribution in [3.8, 4) is 11.8 Å². The molecule has 1 aliphatic rings. The molecule has 0 spiro atoms. The van der Waals surface area contributed by atoms with Crippen molar-refractivity contribution in [2.24, 2.45) is 0 Å². The molecule has 1 aromatic heterocycles. The summed E-state index contributed by atoms with van der Waals surface area (Å²) in [5, 5.41) is 20.1. The van der Waals surface area contributed by atoms with Crippen LogP contribution >= 0.6 is 0 Å². The van der Waals surface area contributed by atoms with Crippen LogP contribution < -0.4 is 20.7 Å². The number of rotatable bonds is 7. The second-order valence-electron chi connectivity index (χ2n) is 9.46. The number of piperidine rings is 1. The first-order chi connectivity index (χ1) is 19.0. The van der Waals surface area contributed by atoms with Crippen molar-refractivity contribution in [2.75, 3.05) is 23.7 Å². The van der Waals surface area contributed by atoms with Gasteiger partial charge in [-0.15, -0.1) is 0 Å². The lowest BCUT2D eigenvalue weighted by Gasteiger charge is -2.16. The van der Waals surface area contributed by atoms with Crippen molar-refractivity contribution < 1.29 is 13.9 Å². The molecule has 1 aliphatic heterocycles. The molecule has 2 heterocycles. The molecule has 7 nitrogen and oxygen atoms in total. The molecule has 39 heavy (non-hydrogen) atoms. The monoisotopic (exact) mass is 521 g/mol. The summed E-state index contributed by atoms with van der Waals surface area (Å²) >= 11 is 0. The summed E-state index contributed by atoms with van der Waals surface area (Å²) in [4.78, 5) is 17.0. The average Bonchev–Trinajstić information content (AvgIpc) is 2.93. The van der Waals surface area contributed by atoms with Crippen LogP contribution in [0.3, 0.4) is 0 Å². The van der Waals surface area contributed by atoms with E-state index in [4.69, 9.17) is 4.74 Å². The van der Waals surface area contributed by atoms with Crippen LogP contribution in [0.2, 0.25) is 0 Å². The van der Waals surface area contributed by atoms with E-state index in [2.05, 4.69) is 27.0 Å². The number of hydrogen-bond acceptors (Lipinski definition) is 6. The molecule has 1 fully saturated rings. The van der Waals surface area contributed by atoms with Crippen molar-refractivity contribution >= 4 is 33.9 Å². The maximum absolute atomic E-state index is 13.5. The third-order valence-corrected chi connectivity index (χ3v) is 6.56. The van der Waals surface area contributed by atoms with E-state index >= 15 is 0 Å². The zero-order chi connectivity index (χ0) is 27.2. The highest BCUT2D eigenvalue weighted by Crippen LogP contribution is 2.32. The van der Waals surface area contributed by atoms with Gasteiger partial charge in [0, 0.05) is 29.0 Å². The van der Waals surface area contributed by atoms with Crippen LogP contribution in [0.5, 0.6) is 5.75 Å². The highest BCUT2D eigenvalue weighted by atomic mass is 19.1. The van der Waals surface area contributed by atoms with Crippen LogP contribution in [0.4, 0.5) is 21.5 Å². The largest absolute Gasteiger partial charge is 0.489 e. The molecule has 0 radical (unpaired) electrons. The SMILES string of the molecule is Cc1cc(Nc2c(C#N)cnc3ccc(NC(=O)C=C4CCNCC4)cc23)ccc1OCc1cccc(F)c1. The first kappa shape index (κ1) is 25.9. The molecular weight excluding hydrogens is 493 g/mol. The number of carbonyl (C=O) groups excluding carboxylic acids is 1. The van der Waals surface area contributed by atoms with E-state index in [1.165, 1.54) is 18.3 Å². The van der Waals surface area contributed by atoms with Crippen LogP contribution in [0, 0.1) is 24.1 Å². The Kier molecular flexibility index (Phi) is 7.80. The van der Waals surface area contributed by atoms with Crippen molar-refractivity contribution in [3.63, 3.8) is 0 Å². The molecular formula is C31H28FN5O2. The Morgan fingerprint density at radius 2 is 1.95 bits per heavy atom. The van der Waals surface area contributed by atoms with Gasteiger partial charge in [-0.05, 0) is 92.5 Å². The topological polar surface area (TPSA) is 99.1 Å².